The van der Waals surface area contributed by atoms with Gasteiger partial charge in [0.25, 0.3) is 0 Å². The fraction of sp³-hybridized carbons (Fsp3) is 0.545. The number of carbonyl (C=O) groups is 2. The number of allylic oxidation sites excluding steroid dienone is 1. The summed E-state index contributed by atoms with van der Waals surface area (Å²) in [6, 6.07) is 7.52. The van der Waals surface area contributed by atoms with E-state index in [-0.39, 0.29) is 35.3 Å². The van der Waals surface area contributed by atoms with E-state index in [1.54, 1.807) is 12.1 Å². The standard InChI is InChI=1S/C22H28O5/c1-13-10-14(2)22(11-25-16(4)23)12-26-21(20(13)15(22)3)18-6-8-19(9-7-18)27-17(5)24/h6-10,14-15,20-21H,11-12H2,1-5H3. The van der Waals surface area contributed by atoms with E-state index < -0.39 is 0 Å². The number of carbonyl (C=O) groups excluding carboxylic acids is 2. The monoisotopic (exact) mass is 372 g/mol. The number of benzene rings is 1. The molecule has 1 heterocycles. The number of rotatable bonds is 4. The first-order valence-corrected chi connectivity index (χ1v) is 9.46. The van der Waals surface area contributed by atoms with Gasteiger partial charge in [-0.2, -0.15) is 0 Å². The zero-order valence-corrected chi connectivity index (χ0v) is 16.7. The Hall–Kier alpha value is -2.14. The van der Waals surface area contributed by atoms with Crippen LogP contribution in [0.2, 0.25) is 0 Å². The predicted octanol–water partition coefficient (Wildman–Crippen LogP) is 4.08. The Morgan fingerprint density at radius 2 is 1.81 bits per heavy atom. The lowest BCUT2D eigenvalue weighted by molar-refractivity contribution is -0.180. The predicted molar refractivity (Wildman–Crippen MR) is 101 cm³/mol. The average molecular weight is 372 g/mol. The van der Waals surface area contributed by atoms with Crippen LogP contribution in [0, 0.1) is 23.2 Å². The summed E-state index contributed by atoms with van der Waals surface area (Å²) in [7, 11) is 0. The Bertz CT molecular complexity index is 750. The molecule has 0 spiro atoms. The van der Waals surface area contributed by atoms with Crippen molar-refractivity contribution in [2.75, 3.05) is 13.2 Å². The second-order valence-electron chi connectivity index (χ2n) is 7.92. The van der Waals surface area contributed by atoms with Gasteiger partial charge in [-0.05, 0) is 36.5 Å². The van der Waals surface area contributed by atoms with Gasteiger partial charge in [0.1, 0.15) is 5.75 Å². The zero-order chi connectivity index (χ0) is 19.8. The topological polar surface area (TPSA) is 61.8 Å². The smallest absolute Gasteiger partial charge is 0.308 e. The molecule has 146 valence electrons. The van der Waals surface area contributed by atoms with Crippen LogP contribution in [-0.2, 0) is 19.1 Å². The van der Waals surface area contributed by atoms with Gasteiger partial charge < -0.3 is 14.2 Å². The van der Waals surface area contributed by atoms with Gasteiger partial charge in [-0.3, -0.25) is 9.59 Å². The fourth-order valence-electron chi connectivity index (χ4n) is 4.69. The largest absolute Gasteiger partial charge is 0.465 e. The Kier molecular flexibility index (Phi) is 5.43. The average Bonchev–Trinajstić information content (AvgIpc) is 2.59. The van der Waals surface area contributed by atoms with Gasteiger partial charge in [-0.25, -0.2) is 0 Å². The quantitative estimate of drug-likeness (QED) is 0.453. The molecular formula is C22H28O5. The van der Waals surface area contributed by atoms with Crippen LogP contribution in [0.15, 0.2) is 35.9 Å². The molecule has 0 radical (unpaired) electrons. The normalized spacial score (nSPS) is 32.4. The van der Waals surface area contributed by atoms with Crippen molar-refractivity contribution in [3.05, 3.63) is 41.5 Å². The van der Waals surface area contributed by atoms with Gasteiger partial charge in [-0.1, -0.05) is 37.6 Å². The highest BCUT2D eigenvalue weighted by Crippen LogP contribution is 2.56. The zero-order valence-electron chi connectivity index (χ0n) is 16.7. The molecule has 0 N–H and O–H groups in total. The first-order valence-electron chi connectivity index (χ1n) is 9.46. The fourth-order valence-corrected chi connectivity index (χ4v) is 4.69. The van der Waals surface area contributed by atoms with E-state index in [1.165, 1.54) is 19.4 Å². The van der Waals surface area contributed by atoms with Crippen LogP contribution in [0.1, 0.15) is 46.3 Å². The van der Waals surface area contributed by atoms with Gasteiger partial charge in [0, 0.05) is 25.2 Å². The Labute approximate surface area is 160 Å². The highest BCUT2D eigenvalue weighted by Gasteiger charge is 2.54. The summed E-state index contributed by atoms with van der Waals surface area (Å²) in [5, 5.41) is 0. The van der Waals surface area contributed by atoms with Crippen LogP contribution >= 0.6 is 0 Å². The van der Waals surface area contributed by atoms with Crippen molar-refractivity contribution in [3.63, 3.8) is 0 Å². The third-order valence-corrected chi connectivity index (χ3v) is 6.26. The summed E-state index contributed by atoms with van der Waals surface area (Å²) in [6.07, 6.45) is 2.23. The van der Waals surface area contributed by atoms with Crippen LogP contribution in [-0.4, -0.2) is 25.2 Å². The van der Waals surface area contributed by atoms with E-state index in [2.05, 4.69) is 26.8 Å². The Balaban J connectivity index is 1.88. The summed E-state index contributed by atoms with van der Waals surface area (Å²) in [4.78, 5) is 22.5. The molecule has 1 aliphatic carbocycles. The van der Waals surface area contributed by atoms with Crippen molar-refractivity contribution < 1.29 is 23.8 Å². The van der Waals surface area contributed by atoms with Gasteiger partial charge in [0.05, 0.1) is 19.3 Å². The van der Waals surface area contributed by atoms with E-state index in [1.807, 2.05) is 12.1 Å². The van der Waals surface area contributed by atoms with Crippen molar-refractivity contribution >= 4 is 11.9 Å². The summed E-state index contributed by atoms with van der Waals surface area (Å²) in [5.41, 5.74) is 2.16. The first kappa shape index (κ1) is 19.6. The minimum absolute atomic E-state index is 0.0689. The van der Waals surface area contributed by atoms with Gasteiger partial charge in [0.2, 0.25) is 0 Å². The highest BCUT2D eigenvalue weighted by atomic mass is 16.5. The van der Waals surface area contributed by atoms with Crippen molar-refractivity contribution in [2.45, 2.75) is 40.7 Å². The molecule has 2 aliphatic rings. The number of hydrogen-bond donors (Lipinski definition) is 0. The second kappa shape index (κ2) is 7.47. The molecule has 0 saturated carbocycles. The summed E-state index contributed by atoms with van der Waals surface area (Å²) >= 11 is 0. The van der Waals surface area contributed by atoms with Crippen LogP contribution in [0.25, 0.3) is 0 Å². The van der Waals surface area contributed by atoms with Gasteiger partial charge >= 0.3 is 11.9 Å². The molecule has 5 unspecified atom stereocenters. The minimum atomic E-state index is -0.333. The molecule has 5 heteroatoms. The lowest BCUT2D eigenvalue weighted by atomic mass is 9.56. The van der Waals surface area contributed by atoms with E-state index in [0.29, 0.717) is 24.9 Å². The Morgan fingerprint density at radius 3 is 2.41 bits per heavy atom. The second-order valence-corrected chi connectivity index (χ2v) is 7.92. The molecule has 1 fully saturated rings. The molecule has 27 heavy (non-hydrogen) atoms. The molecule has 1 saturated heterocycles. The molecular weight excluding hydrogens is 344 g/mol. The molecule has 5 nitrogen and oxygen atoms in total. The number of hydrogen-bond acceptors (Lipinski definition) is 5. The minimum Gasteiger partial charge on any atom is -0.465 e. The van der Waals surface area contributed by atoms with E-state index in [9.17, 15) is 9.59 Å². The maximum absolute atomic E-state index is 11.4. The van der Waals surface area contributed by atoms with Crippen molar-refractivity contribution in [2.24, 2.45) is 23.2 Å². The SMILES string of the molecule is CC(=O)OCC12COC(c3ccc(OC(C)=O)cc3)C(C(C)=CC1C)C2C. The lowest BCUT2D eigenvalue weighted by Crippen LogP contribution is -2.54. The number of esters is 2. The van der Waals surface area contributed by atoms with Crippen LogP contribution in [0.3, 0.4) is 0 Å². The van der Waals surface area contributed by atoms with E-state index in [4.69, 9.17) is 14.2 Å². The van der Waals surface area contributed by atoms with E-state index >= 15 is 0 Å². The van der Waals surface area contributed by atoms with Crippen LogP contribution in [0.5, 0.6) is 5.75 Å². The number of fused-ring (bicyclic) bond motifs is 2. The molecule has 5 atom stereocenters. The van der Waals surface area contributed by atoms with Crippen molar-refractivity contribution in [1.29, 1.82) is 0 Å². The number of ether oxygens (including phenoxy) is 3. The van der Waals surface area contributed by atoms with Crippen LogP contribution in [0.4, 0.5) is 0 Å². The molecule has 2 bridgehead atoms. The third-order valence-electron chi connectivity index (χ3n) is 6.26. The first-order chi connectivity index (χ1) is 12.7. The molecule has 1 aliphatic heterocycles. The van der Waals surface area contributed by atoms with Gasteiger partial charge in [0.15, 0.2) is 0 Å². The maximum atomic E-state index is 11.4. The Morgan fingerprint density at radius 1 is 1.15 bits per heavy atom. The molecule has 3 rings (SSSR count). The summed E-state index contributed by atoms with van der Waals surface area (Å²) < 4.78 is 16.9. The van der Waals surface area contributed by atoms with Crippen molar-refractivity contribution in [1.82, 2.24) is 0 Å². The molecule has 0 aromatic heterocycles. The maximum Gasteiger partial charge on any atom is 0.308 e. The van der Waals surface area contributed by atoms with Gasteiger partial charge in [-0.15, -0.1) is 0 Å². The lowest BCUT2D eigenvalue weighted by Gasteiger charge is -2.55. The summed E-state index contributed by atoms with van der Waals surface area (Å²) in [5.74, 6) is 0.739. The highest BCUT2D eigenvalue weighted by molar-refractivity contribution is 5.69. The molecule has 1 aromatic rings. The molecule has 0 amide bonds. The third kappa shape index (κ3) is 3.65. The summed E-state index contributed by atoms with van der Waals surface area (Å²) in [6.45, 7) is 10.3. The van der Waals surface area contributed by atoms with Crippen LogP contribution < -0.4 is 4.74 Å². The molecule has 1 aromatic carbocycles. The van der Waals surface area contributed by atoms with E-state index in [0.717, 1.165) is 5.56 Å². The van der Waals surface area contributed by atoms with Crippen molar-refractivity contribution in [3.8, 4) is 5.75 Å².